The van der Waals surface area contributed by atoms with Gasteiger partial charge >= 0.3 is 0 Å². The molecule has 1 aliphatic rings. The van der Waals surface area contributed by atoms with Gasteiger partial charge in [-0.15, -0.1) is 0 Å². The van der Waals surface area contributed by atoms with Crippen molar-refractivity contribution in [2.45, 2.75) is 37.1 Å². The molecule has 0 unspecified atom stereocenters. The molecule has 21 heavy (non-hydrogen) atoms. The van der Waals surface area contributed by atoms with E-state index in [0.29, 0.717) is 0 Å². The number of nitrogens with zero attached hydrogens (tertiary/aromatic N) is 2. The molecular weight excluding hydrogens is 298 g/mol. The maximum Gasteiger partial charge on any atom is 0.246 e. The molecule has 0 bridgehead atoms. The molecule has 0 amide bonds. The number of nitriles is 1. The van der Waals surface area contributed by atoms with Crippen molar-refractivity contribution in [3.05, 3.63) is 29.8 Å². The Kier molecular flexibility index (Phi) is 4.59. The molecule has 1 atom stereocenters. The quantitative estimate of drug-likeness (QED) is 0.811. The highest BCUT2D eigenvalue weighted by atomic mass is 32.2. The molecule has 2 rings (SSSR count). The van der Waals surface area contributed by atoms with Crippen LogP contribution in [-0.2, 0) is 10.0 Å². The van der Waals surface area contributed by atoms with Crippen LogP contribution in [-0.4, -0.2) is 25.3 Å². The van der Waals surface area contributed by atoms with Gasteiger partial charge in [0, 0.05) is 19.0 Å². The van der Waals surface area contributed by atoms with E-state index in [0.717, 1.165) is 35.3 Å². The third-order valence-corrected chi connectivity index (χ3v) is 5.71. The Morgan fingerprint density at radius 1 is 1.43 bits per heavy atom. The van der Waals surface area contributed by atoms with Crippen LogP contribution in [0.15, 0.2) is 23.1 Å². The third-order valence-electron chi connectivity index (χ3n) is 3.71. The standard InChI is InChI=1S/C14H16F2N2O2S/c1-10(11-6-7-11)18(9-3-8-17)21(19,20)13-5-2-4-12(15)14(13)16/h2,4-5,10-11H,3,6-7,9H2,1H3/t10-/m1/s1. The summed E-state index contributed by atoms with van der Waals surface area (Å²) < 4.78 is 53.4. The predicted octanol–water partition coefficient (Wildman–Crippen LogP) is 2.67. The van der Waals surface area contributed by atoms with Gasteiger partial charge in [0.15, 0.2) is 11.6 Å². The average Bonchev–Trinajstić information content (AvgIpc) is 3.26. The van der Waals surface area contributed by atoms with Crippen molar-refractivity contribution in [2.75, 3.05) is 6.54 Å². The average molecular weight is 314 g/mol. The Balaban J connectivity index is 2.41. The summed E-state index contributed by atoms with van der Waals surface area (Å²) >= 11 is 0. The van der Waals surface area contributed by atoms with Gasteiger partial charge in [0.1, 0.15) is 4.90 Å². The molecule has 0 saturated heterocycles. The largest absolute Gasteiger partial charge is 0.246 e. The second kappa shape index (κ2) is 6.08. The number of halogens is 2. The number of hydrogen-bond donors (Lipinski definition) is 0. The fourth-order valence-corrected chi connectivity index (χ4v) is 4.09. The van der Waals surface area contributed by atoms with Crippen LogP contribution in [0.4, 0.5) is 8.78 Å². The van der Waals surface area contributed by atoms with Crippen molar-refractivity contribution >= 4 is 10.0 Å². The summed E-state index contributed by atoms with van der Waals surface area (Å²) in [5, 5.41) is 8.68. The molecule has 7 heteroatoms. The van der Waals surface area contributed by atoms with Gasteiger partial charge in [-0.3, -0.25) is 0 Å². The Labute approximate surface area is 123 Å². The van der Waals surface area contributed by atoms with E-state index in [9.17, 15) is 17.2 Å². The zero-order chi connectivity index (χ0) is 15.6. The van der Waals surface area contributed by atoms with Gasteiger partial charge in [-0.1, -0.05) is 6.07 Å². The van der Waals surface area contributed by atoms with Crippen molar-refractivity contribution in [2.24, 2.45) is 5.92 Å². The fourth-order valence-electron chi connectivity index (χ4n) is 2.33. The lowest BCUT2D eigenvalue weighted by atomic mass is 10.2. The van der Waals surface area contributed by atoms with E-state index in [2.05, 4.69) is 0 Å². The van der Waals surface area contributed by atoms with Crippen molar-refractivity contribution in [1.82, 2.24) is 4.31 Å². The third kappa shape index (κ3) is 3.22. The molecule has 1 aliphatic carbocycles. The lowest BCUT2D eigenvalue weighted by Gasteiger charge is -2.27. The van der Waals surface area contributed by atoms with E-state index < -0.39 is 26.6 Å². The molecule has 0 aliphatic heterocycles. The summed E-state index contributed by atoms with van der Waals surface area (Å²) in [6.45, 7) is 1.72. The summed E-state index contributed by atoms with van der Waals surface area (Å²) in [6.07, 6.45) is 1.82. The van der Waals surface area contributed by atoms with Crippen LogP contribution in [0.25, 0.3) is 0 Å². The van der Waals surface area contributed by atoms with E-state index in [-0.39, 0.29) is 24.9 Å². The van der Waals surface area contributed by atoms with Gasteiger partial charge in [-0.05, 0) is 37.8 Å². The summed E-state index contributed by atoms with van der Waals surface area (Å²) in [7, 11) is -4.16. The Morgan fingerprint density at radius 2 is 2.10 bits per heavy atom. The maximum atomic E-state index is 13.8. The van der Waals surface area contributed by atoms with Crippen molar-refractivity contribution in [3.8, 4) is 6.07 Å². The number of benzene rings is 1. The molecule has 0 N–H and O–H groups in total. The lowest BCUT2D eigenvalue weighted by molar-refractivity contribution is 0.312. The lowest BCUT2D eigenvalue weighted by Crippen LogP contribution is -2.40. The molecule has 1 aromatic rings. The van der Waals surface area contributed by atoms with Gasteiger partial charge in [0.05, 0.1) is 6.07 Å². The van der Waals surface area contributed by atoms with E-state index in [1.807, 2.05) is 6.07 Å². The summed E-state index contributed by atoms with van der Waals surface area (Å²) in [5.41, 5.74) is 0. The smallest absolute Gasteiger partial charge is 0.207 e. The number of sulfonamides is 1. The van der Waals surface area contributed by atoms with E-state index in [4.69, 9.17) is 5.26 Å². The molecule has 114 valence electrons. The molecule has 4 nitrogen and oxygen atoms in total. The van der Waals surface area contributed by atoms with E-state index in [1.54, 1.807) is 6.92 Å². The zero-order valence-electron chi connectivity index (χ0n) is 11.6. The van der Waals surface area contributed by atoms with Gasteiger partial charge in [-0.2, -0.15) is 9.57 Å². The second-order valence-electron chi connectivity index (χ2n) is 5.15. The van der Waals surface area contributed by atoms with Crippen molar-refractivity contribution < 1.29 is 17.2 Å². The SMILES string of the molecule is C[C@H](C1CC1)N(CCC#N)S(=O)(=O)c1cccc(F)c1F. The molecule has 1 saturated carbocycles. The van der Waals surface area contributed by atoms with E-state index in [1.165, 1.54) is 0 Å². The van der Waals surface area contributed by atoms with Crippen LogP contribution in [0.5, 0.6) is 0 Å². The molecule has 0 aromatic heterocycles. The highest BCUT2D eigenvalue weighted by molar-refractivity contribution is 7.89. The highest BCUT2D eigenvalue weighted by Gasteiger charge is 2.39. The summed E-state index contributed by atoms with van der Waals surface area (Å²) in [4.78, 5) is -0.673. The number of hydrogen-bond acceptors (Lipinski definition) is 3. The van der Waals surface area contributed by atoms with Crippen LogP contribution >= 0.6 is 0 Å². The first-order valence-electron chi connectivity index (χ1n) is 6.72. The monoisotopic (exact) mass is 314 g/mol. The van der Waals surface area contributed by atoms with Crippen LogP contribution in [0, 0.1) is 28.9 Å². The van der Waals surface area contributed by atoms with Crippen LogP contribution in [0.2, 0.25) is 0 Å². The zero-order valence-corrected chi connectivity index (χ0v) is 12.4. The Bertz CT molecular complexity index is 666. The normalized spacial score (nSPS) is 16.7. The molecule has 1 aromatic carbocycles. The molecular formula is C14H16F2N2O2S. The van der Waals surface area contributed by atoms with E-state index >= 15 is 0 Å². The number of rotatable bonds is 6. The van der Waals surface area contributed by atoms with Crippen LogP contribution in [0.3, 0.4) is 0 Å². The Hall–Kier alpha value is -1.52. The van der Waals surface area contributed by atoms with Gasteiger partial charge < -0.3 is 0 Å². The minimum Gasteiger partial charge on any atom is -0.207 e. The van der Waals surface area contributed by atoms with Crippen LogP contribution in [0.1, 0.15) is 26.2 Å². The maximum absolute atomic E-state index is 13.8. The van der Waals surface area contributed by atoms with Crippen LogP contribution < -0.4 is 0 Å². The molecule has 0 spiro atoms. The molecule has 0 radical (unpaired) electrons. The molecule has 0 heterocycles. The van der Waals surface area contributed by atoms with Gasteiger partial charge in [0.2, 0.25) is 10.0 Å². The predicted molar refractivity (Wildman–Crippen MR) is 72.7 cm³/mol. The first kappa shape index (κ1) is 15.9. The Morgan fingerprint density at radius 3 is 2.67 bits per heavy atom. The fraction of sp³-hybridized carbons (Fsp3) is 0.500. The summed E-state index contributed by atoms with van der Waals surface area (Å²) in [6, 6.07) is 4.64. The summed E-state index contributed by atoms with van der Waals surface area (Å²) in [5.74, 6) is -2.35. The minimum absolute atomic E-state index is 0.00717. The molecule has 1 fully saturated rings. The topological polar surface area (TPSA) is 61.2 Å². The first-order chi connectivity index (χ1) is 9.89. The highest BCUT2D eigenvalue weighted by Crippen LogP contribution is 2.37. The van der Waals surface area contributed by atoms with Crippen molar-refractivity contribution in [3.63, 3.8) is 0 Å². The van der Waals surface area contributed by atoms with Gasteiger partial charge in [0.25, 0.3) is 0 Å². The first-order valence-corrected chi connectivity index (χ1v) is 8.16. The second-order valence-corrected chi connectivity index (χ2v) is 7.01. The van der Waals surface area contributed by atoms with Gasteiger partial charge in [-0.25, -0.2) is 17.2 Å². The minimum atomic E-state index is -4.16. The van der Waals surface area contributed by atoms with Crippen molar-refractivity contribution in [1.29, 1.82) is 5.26 Å².